The van der Waals surface area contributed by atoms with Gasteiger partial charge in [-0.2, -0.15) is 0 Å². The Kier molecular flexibility index (Phi) is 1.93. The predicted octanol–water partition coefficient (Wildman–Crippen LogP) is 2.56. The van der Waals surface area contributed by atoms with Crippen molar-refractivity contribution in [3.05, 3.63) is 28.2 Å². The minimum atomic E-state index is -0.241. The second-order valence-electron chi connectivity index (χ2n) is 5.52. The quantitative estimate of drug-likeness (QED) is 0.799. The van der Waals surface area contributed by atoms with Crippen LogP contribution in [0, 0.1) is 0 Å². The Morgan fingerprint density at radius 2 is 1.94 bits per heavy atom. The van der Waals surface area contributed by atoms with Gasteiger partial charge in [-0.25, -0.2) is 0 Å². The van der Waals surface area contributed by atoms with Gasteiger partial charge in [-0.15, -0.1) is 0 Å². The molecule has 1 aromatic carbocycles. The van der Waals surface area contributed by atoms with Gasteiger partial charge in [-0.05, 0) is 30.5 Å². The summed E-state index contributed by atoms with van der Waals surface area (Å²) < 4.78 is 0.988. The maximum atomic E-state index is 12.6. The molecule has 2 aliphatic carbocycles. The van der Waals surface area contributed by atoms with Crippen molar-refractivity contribution in [2.45, 2.75) is 37.1 Å². The normalized spacial score (nSPS) is 24.4. The van der Waals surface area contributed by atoms with Crippen molar-refractivity contribution in [2.24, 2.45) is 0 Å². The van der Waals surface area contributed by atoms with E-state index in [1.165, 1.54) is 0 Å². The fourth-order valence-corrected chi connectivity index (χ4v) is 3.53. The van der Waals surface area contributed by atoms with Crippen LogP contribution in [0.1, 0.15) is 31.2 Å². The molecule has 0 radical (unpaired) electrons. The Labute approximate surface area is 113 Å². The Morgan fingerprint density at radius 1 is 1.22 bits per heavy atom. The van der Waals surface area contributed by atoms with Gasteiger partial charge in [0.25, 0.3) is 0 Å². The number of rotatable bonds is 1. The number of carbonyl (C=O) groups is 2. The molecule has 4 heteroatoms. The number of ketones is 1. The van der Waals surface area contributed by atoms with E-state index in [-0.39, 0.29) is 23.1 Å². The van der Waals surface area contributed by atoms with Crippen LogP contribution in [0.3, 0.4) is 0 Å². The molecule has 92 valence electrons. The highest BCUT2D eigenvalue weighted by Crippen LogP contribution is 2.58. The van der Waals surface area contributed by atoms with E-state index in [9.17, 15) is 9.59 Å². The molecule has 3 nitrogen and oxygen atoms in total. The van der Waals surface area contributed by atoms with Crippen molar-refractivity contribution >= 4 is 33.3 Å². The van der Waals surface area contributed by atoms with E-state index in [2.05, 4.69) is 22.0 Å². The zero-order valence-electron chi connectivity index (χ0n) is 9.78. The molecule has 1 spiro atoms. The molecule has 2 fully saturated rings. The molecule has 0 bridgehead atoms. The fraction of sp³-hybridized carbons (Fsp3) is 0.429. The molecule has 2 saturated carbocycles. The lowest BCUT2D eigenvalue weighted by atomic mass is 9.89. The molecule has 18 heavy (non-hydrogen) atoms. The second kappa shape index (κ2) is 3.23. The van der Waals surface area contributed by atoms with Crippen molar-refractivity contribution < 1.29 is 9.59 Å². The molecule has 1 amide bonds. The van der Waals surface area contributed by atoms with Crippen LogP contribution in [0.2, 0.25) is 0 Å². The van der Waals surface area contributed by atoms with Gasteiger partial charge < -0.3 is 4.90 Å². The topological polar surface area (TPSA) is 37.4 Å². The Morgan fingerprint density at radius 3 is 2.56 bits per heavy atom. The molecule has 3 aliphatic rings. The van der Waals surface area contributed by atoms with E-state index in [4.69, 9.17) is 0 Å². The summed E-state index contributed by atoms with van der Waals surface area (Å²) in [5.41, 5.74) is 1.94. The summed E-state index contributed by atoms with van der Waals surface area (Å²) >= 11 is 3.47. The summed E-state index contributed by atoms with van der Waals surface area (Å²) in [6.45, 7) is 0. The number of anilines is 1. The summed E-state index contributed by atoms with van der Waals surface area (Å²) in [4.78, 5) is 25.7. The lowest BCUT2D eigenvalue weighted by Gasteiger charge is -2.34. The first-order valence-electron chi connectivity index (χ1n) is 6.27. The maximum Gasteiger partial charge on any atom is 0.238 e. The van der Waals surface area contributed by atoms with Crippen molar-refractivity contribution in [3.63, 3.8) is 0 Å². The summed E-state index contributed by atoms with van der Waals surface area (Å²) in [7, 11) is 0. The summed E-state index contributed by atoms with van der Waals surface area (Å²) in [6.07, 6.45) is 2.96. The highest BCUT2D eigenvalue weighted by Gasteiger charge is 2.61. The SMILES string of the molecule is O=C1CC(N2C(=O)C3(CC3)c3ccc(Br)cc32)C1. The highest BCUT2D eigenvalue weighted by molar-refractivity contribution is 9.10. The Balaban J connectivity index is 1.83. The zero-order chi connectivity index (χ0) is 12.5. The van der Waals surface area contributed by atoms with Crippen LogP contribution in [0.5, 0.6) is 0 Å². The fourth-order valence-electron chi connectivity index (χ4n) is 3.18. The number of hydrogen-bond acceptors (Lipinski definition) is 2. The average molecular weight is 306 g/mol. The predicted molar refractivity (Wildman–Crippen MR) is 70.6 cm³/mol. The minimum Gasteiger partial charge on any atom is -0.307 e. The maximum absolute atomic E-state index is 12.6. The van der Waals surface area contributed by atoms with Crippen LogP contribution >= 0.6 is 15.9 Å². The van der Waals surface area contributed by atoms with Gasteiger partial charge in [0, 0.05) is 23.0 Å². The number of carbonyl (C=O) groups excluding carboxylic acids is 2. The first kappa shape index (κ1) is 10.7. The first-order chi connectivity index (χ1) is 8.62. The van der Waals surface area contributed by atoms with Crippen molar-refractivity contribution in [1.29, 1.82) is 0 Å². The smallest absolute Gasteiger partial charge is 0.238 e. The number of hydrogen-bond donors (Lipinski definition) is 0. The summed E-state index contributed by atoms with van der Waals surface area (Å²) in [6, 6.07) is 6.17. The van der Waals surface area contributed by atoms with E-state index in [0.717, 1.165) is 28.6 Å². The van der Waals surface area contributed by atoms with Crippen LogP contribution < -0.4 is 4.90 Å². The molecule has 0 N–H and O–H groups in total. The van der Waals surface area contributed by atoms with Gasteiger partial charge >= 0.3 is 0 Å². The monoisotopic (exact) mass is 305 g/mol. The van der Waals surface area contributed by atoms with Crippen molar-refractivity contribution in [3.8, 4) is 0 Å². The van der Waals surface area contributed by atoms with E-state index < -0.39 is 0 Å². The number of nitrogens with zero attached hydrogens (tertiary/aromatic N) is 1. The lowest BCUT2D eigenvalue weighted by Crippen LogP contribution is -2.48. The molecule has 1 aromatic rings. The van der Waals surface area contributed by atoms with Crippen LogP contribution in [0.4, 0.5) is 5.69 Å². The molecular weight excluding hydrogens is 294 g/mol. The van der Waals surface area contributed by atoms with Crippen LogP contribution in [0.15, 0.2) is 22.7 Å². The van der Waals surface area contributed by atoms with Gasteiger partial charge in [0.2, 0.25) is 5.91 Å². The molecule has 0 unspecified atom stereocenters. The third kappa shape index (κ3) is 1.19. The molecular formula is C14H12BrNO2. The molecule has 0 aromatic heterocycles. The Bertz CT molecular complexity index is 583. The number of fused-ring (bicyclic) bond motifs is 2. The molecule has 0 saturated heterocycles. The number of amides is 1. The second-order valence-corrected chi connectivity index (χ2v) is 6.44. The van der Waals surface area contributed by atoms with Crippen LogP contribution in [-0.2, 0) is 15.0 Å². The standard InChI is InChI=1S/C14H12BrNO2/c15-8-1-2-11-12(5-8)16(9-6-10(17)7-9)13(18)14(11)3-4-14/h1-2,5,9H,3-4,6-7H2. The Hall–Kier alpha value is -1.16. The largest absolute Gasteiger partial charge is 0.307 e. The first-order valence-corrected chi connectivity index (χ1v) is 7.06. The molecule has 4 rings (SSSR count). The van der Waals surface area contributed by atoms with Gasteiger partial charge in [0.1, 0.15) is 5.78 Å². The highest BCUT2D eigenvalue weighted by atomic mass is 79.9. The van der Waals surface area contributed by atoms with E-state index >= 15 is 0 Å². The van der Waals surface area contributed by atoms with Crippen molar-refractivity contribution in [2.75, 3.05) is 4.90 Å². The summed E-state index contributed by atoms with van der Waals surface area (Å²) in [5, 5.41) is 0. The minimum absolute atomic E-state index is 0.0954. The number of Topliss-reactive ketones (excluding diaryl/α,β-unsaturated/α-hetero) is 1. The van der Waals surface area contributed by atoms with Gasteiger partial charge in [0.05, 0.1) is 11.5 Å². The summed E-state index contributed by atoms with van der Waals surface area (Å²) in [5.74, 6) is 0.481. The van der Waals surface area contributed by atoms with Gasteiger partial charge in [-0.3, -0.25) is 9.59 Å². The van der Waals surface area contributed by atoms with E-state index in [0.29, 0.717) is 12.8 Å². The third-order valence-corrected chi connectivity index (χ3v) is 4.90. The molecule has 1 aliphatic heterocycles. The van der Waals surface area contributed by atoms with Gasteiger partial charge in [-0.1, -0.05) is 22.0 Å². The number of halogens is 1. The molecule has 1 heterocycles. The average Bonchev–Trinajstić information content (AvgIpc) is 3.04. The van der Waals surface area contributed by atoms with Crippen LogP contribution in [-0.4, -0.2) is 17.7 Å². The van der Waals surface area contributed by atoms with E-state index in [1.54, 1.807) is 0 Å². The van der Waals surface area contributed by atoms with E-state index in [1.807, 2.05) is 17.0 Å². The van der Waals surface area contributed by atoms with Gasteiger partial charge in [0.15, 0.2) is 0 Å². The lowest BCUT2D eigenvalue weighted by molar-refractivity contribution is -0.126. The zero-order valence-corrected chi connectivity index (χ0v) is 11.4. The molecule has 0 atom stereocenters. The van der Waals surface area contributed by atoms with Crippen LogP contribution in [0.25, 0.3) is 0 Å². The third-order valence-electron chi connectivity index (χ3n) is 4.40. The van der Waals surface area contributed by atoms with Crippen molar-refractivity contribution in [1.82, 2.24) is 0 Å². The number of benzene rings is 1.